The van der Waals surface area contributed by atoms with Crippen molar-refractivity contribution in [3.05, 3.63) is 77.3 Å². The van der Waals surface area contributed by atoms with Crippen LogP contribution in [0.3, 0.4) is 0 Å². The first-order valence-electron chi connectivity index (χ1n) is 6.21. The molecular weight excluding hydrogens is 380 g/mol. The van der Waals surface area contributed by atoms with Crippen molar-refractivity contribution < 1.29 is 9.31 Å². The van der Waals surface area contributed by atoms with Crippen molar-refractivity contribution >= 4 is 46.2 Å². The molecule has 0 spiro atoms. The molecule has 0 fully saturated rings. The molecule has 0 atom stereocenters. The molecule has 2 aromatic rings. The summed E-state index contributed by atoms with van der Waals surface area (Å²) in [4.78, 5) is 13.1. The van der Waals surface area contributed by atoms with Crippen LogP contribution in [0.5, 0.6) is 0 Å². The van der Waals surface area contributed by atoms with E-state index in [1.165, 1.54) is 6.07 Å². The largest absolute Gasteiger partial charge is 0.272 e. The van der Waals surface area contributed by atoms with Crippen molar-refractivity contribution in [3.63, 3.8) is 0 Å². The van der Waals surface area contributed by atoms with Gasteiger partial charge in [0.05, 0.1) is 38.2 Å². The topological polar surface area (TPSA) is 71.3 Å². The number of halogens is 4. The Bertz CT molecular complexity index is 949. The first-order valence-corrected chi connectivity index (χ1v) is 7.34. The lowest BCUT2D eigenvalue weighted by molar-refractivity contribution is -0.385. The fraction of sp³-hybridized carbons (Fsp3) is 0.0667. The quantitative estimate of drug-likeness (QED) is 0.294. The Hall–Kier alpha value is -2.38. The van der Waals surface area contributed by atoms with Gasteiger partial charge >= 0.3 is 0 Å². The van der Waals surface area contributed by atoms with E-state index >= 15 is 0 Å². The number of benzene rings is 2. The van der Waals surface area contributed by atoms with E-state index in [2.05, 4.69) is 4.85 Å². The Morgan fingerprint density at radius 3 is 2.46 bits per heavy atom. The lowest BCUT2D eigenvalue weighted by Gasteiger charge is -2.13. The highest BCUT2D eigenvalue weighted by Gasteiger charge is 2.22. The average molecular weight is 385 g/mol. The monoisotopic (exact) mass is 383 g/mol. The molecule has 0 aliphatic carbocycles. The molecule has 0 bridgehead atoms. The zero-order valence-corrected chi connectivity index (χ0v) is 13.9. The van der Waals surface area contributed by atoms with Gasteiger partial charge in [0.25, 0.3) is 5.69 Å². The van der Waals surface area contributed by atoms with Gasteiger partial charge in [0, 0.05) is 12.5 Å². The molecule has 0 saturated carbocycles. The summed E-state index contributed by atoms with van der Waals surface area (Å²) in [5.74, 6) is -0.834. The number of nitro groups is 1. The zero-order chi connectivity index (χ0) is 18.0. The molecule has 0 amide bonds. The standard InChI is InChI=1S/C15H5Cl3FN3O2/c1-21-15-13(17)9(10(6-20)12(16)14(15)18)4-7-2-3-8(22(23)24)5-11(7)19/h2-3,5H,4H2. The van der Waals surface area contributed by atoms with Crippen LogP contribution in [0.1, 0.15) is 16.7 Å². The highest BCUT2D eigenvalue weighted by atomic mass is 35.5. The first-order chi connectivity index (χ1) is 11.3. The molecule has 0 aliphatic heterocycles. The van der Waals surface area contributed by atoms with E-state index in [4.69, 9.17) is 41.4 Å². The first kappa shape index (κ1) is 18.0. The van der Waals surface area contributed by atoms with Crippen LogP contribution in [0, 0.1) is 33.8 Å². The van der Waals surface area contributed by atoms with Crippen molar-refractivity contribution in [2.75, 3.05) is 0 Å². The Labute approximate surface area is 150 Å². The summed E-state index contributed by atoms with van der Waals surface area (Å²) in [6.45, 7) is 7.11. The van der Waals surface area contributed by atoms with Crippen LogP contribution in [0.25, 0.3) is 4.85 Å². The van der Waals surface area contributed by atoms with Gasteiger partial charge in [-0.2, -0.15) is 5.26 Å². The number of nitrogens with zero attached hydrogens (tertiary/aromatic N) is 3. The fourth-order valence-corrected chi connectivity index (χ4v) is 2.88. The second-order valence-corrected chi connectivity index (χ2v) is 5.71. The number of hydrogen-bond donors (Lipinski definition) is 0. The predicted octanol–water partition coefficient (Wildman–Crippen LogP) is 5.71. The van der Waals surface area contributed by atoms with Crippen LogP contribution >= 0.6 is 34.8 Å². The van der Waals surface area contributed by atoms with Crippen LogP contribution in [-0.2, 0) is 6.42 Å². The minimum absolute atomic E-state index is 0.0633. The smallest absolute Gasteiger partial charge is 0.258 e. The minimum Gasteiger partial charge on any atom is -0.258 e. The van der Waals surface area contributed by atoms with Gasteiger partial charge in [0.1, 0.15) is 11.9 Å². The van der Waals surface area contributed by atoms with E-state index in [1.54, 1.807) is 0 Å². The van der Waals surface area contributed by atoms with Gasteiger partial charge in [-0.05, 0) is 17.2 Å². The lowest BCUT2D eigenvalue weighted by atomic mass is 9.98. The van der Waals surface area contributed by atoms with Gasteiger partial charge < -0.3 is 0 Å². The molecule has 2 aromatic carbocycles. The molecule has 0 N–H and O–H groups in total. The zero-order valence-electron chi connectivity index (χ0n) is 11.6. The summed E-state index contributed by atoms with van der Waals surface area (Å²) < 4.78 is 14.1. The van der Waals surface area contributed by atoms with E-state index in [-0.39, 0.29) is 43.9 Å². The lowest BCUT2D eigenvalue weighted by Crippen LogP contribution is -2.00. The van der Waals surface area contributed by atoms with Gasteiger partial charge in [-0.25, -0.2) is 9.24 Å². The Morgan fingerprint density at radius 1 is 1.29 bits per heavy atom. The van der Waals surface area contributed by atoms with Gasteiger partial charge in [0.15, 0.2) is 0 Å². The third kappa shape index (κ3) is 3.13. The highest BCUT2D eigenvalue weighted by Crippen LogP contribution is 2.44. The number of non-ortho nitro benzene ring substituents is 1. The molecule has 24 heavy (non-hydrogen) atoms. The summed E-state index contributed by atoms with van der Waals surface area (Å²) in [5.41, 5.74) is -0.420. The number of nitriles is 1. The van der Waals surface area contributed by atoms with E-state index in [9.17, 15) is 19.8 Å². The maximum atomic E-state index is 14.1. The van der Waals surface area contributed by atoms with Crippen molar-refractivity contribution in [1.82, 2.24) is 0 Å². The molecule has 2 rings (SSSR count). The SMILES string of the molecule is [C-]#[N+]c1c(Cl)c(Cl)c(C#N)c(Cc2ccc([N+](=O)[O-])cc2F)c1Cl. The van der Waals surface area contributed by atoms with Gasteiger partial charge in [-0.3, -0.25) is 10.1 Å². The second-order valence-electron chi connectivity index (χ2n) is 4.58. The van der Waals surface area contributed by atoms with E-state index in [0.717, 1.165) is 12.1 Å². The van der Waals surface area contributed by atoms with Gasteiger partial charge in [-0.15, -0.1) is 0 Å². The summed E-state index contributed by atoms with van der Waals surface area (Å²) >= 11 is 18.0. The number of nitro benzene ring substituents is 1. The third-order valence-corrected chi connectivity index (χ3v) is 4.48. The van der Waals surface area contributed by atoms with Crippen LogP contribution in [0.15, 0.2) is 18.2 Å². The highest BCUT2D eigenvalue weighted by molar-refractivity contribution is 6.47. The predicted molar refractivity (Wildman–Crippen MR) is 88.3 cm³/mol. The molecule has 0 aliphatic rings. The Kier molecular flexibility index (Phi) is 5.26. The molecule has 0 saturated heterocycles. The average Bonchev–Trinajstić information content (AvgIpc) is 2.54. The Morgan fingerprint density at radius 2 is 1.96 bits per heavy atom. The van der Waals surface area contributed by atoms with Crippen LogP contribution < -0.4 is 0 Å². The summed E-state index contributed by atoms with van der Waals surface area (Å²) in [6.07, 6.45) is -0.176. The van der Waals surface area contributed by atoms with Crippen LogP contribution in [0.4, 0.5) is 15.8 Å². The molecule has 120 valence electrons. The van der Waals surface area contributed by atoms with Crippen LogP contribution in [-0.4, -0.2) is 4.92 Å². The van der Waals surface area contributed by atoms with Gasteiger partial charge in [-0.1, -0.05) is 34.8 Å². The van der Waals surface area contributed by atoms with Crippen LogP contribution in [0.2, 0.25) is 15.1 Å². The summed E-state index contributed by atoms with van der Waals surface area (Å²) in [6, 6.07) is 4.94. The molecule has 0 aromatic heterocycles. The molecule has 0 heterocycles. The number of hydrogen-bond acceptors (Lipinski definition) is 3. The van der Waals surface area contributed by atoms with Crippen molar-refractivity contribution in [2.24, 2.45) is 0 Å². The molecule has 9 heteroatoms. The minimum atomic E-state index is -0.834. The summed E-state index contributed by atoms with van der Waals surface area (Å²) in [5, 5.41) is 19.5. The molecular formula is C15H5Cl3FN3O2. The fourth-order valence-electron chi connectivity index (χ4n) is 2.06. The van der Waals surface area contributed by atoms with E-state index in [1.807, 2.05) is 6.07 Å². The number of rotatable bonds is 3. The van der Waals surface area contributed by atoms with E-state index < -0.39 is 16.4 Å². The van der Waals surface area contributed by atoms with Gasteiger partial charge in [0.2, 0.25) is 5.69 Å². The maximum Gasteiger partial charge on any atom is 0.272 e. The second kappa shape index (κ2) is 7.02. The maximum absolute atomic E-state index is 14.1. The normalized spacial score (nSPS) is 10.1. The third-order valence-electron chi connectivity index (χ3n) is 3.23. The molecule has 0 unspecified atom stereocenters. The Balaban J connectivity index is 2.63. The van der Waals surface area contributed by atoms with E-state index in [0.29, 0.717) is 0 Å². The van der Waals surface area contributed by atoms with Crippen molar-refractivity contribution in [3.8, 4) is 6.07 Å². The van der Waals surface area contributed by atoms with Crippen molar-refractivity contribution in [2.45, 2.75) is 6.42 Å². The molecule has 0 radical (unpaired) electrons. The molecule has 5 nitrogen and oxygen atoms in total. The van der Waals surface area contributed by atoms with Crippen molar-refractivity contribution in [1.29, 1.82) is 5.26 Å². The summed E-state index contributed by atoms with van der Waals surface area (Å²) in [7, 11) is 0.